The van der Waals surface area contributed by atoms with Crippen LogP contribution in [-0.2, 0) is 4.74 Å². The normalized spacial score (nSPS) is 29.3. The van der Waals surface area contributed by atoms with Gasteiger partial charge in [0.05, 0.1) is 0 Å². The second kappa shape index (κ2) is 5.87. The molecule has 0 saturated carbocycles. The highest BCUT2D eigenvalue weighted by Crippen LogP contribution is 2.39. The Morgan fingerprint density at radius 2 is 1.61 bits per heavy atom. The van der Waals surface area contributed by atoms with E-state index in [4.69, 9.17) is 4.74 Å². The maximum Gasteiger partial charge on any atom is 0.0472 e. The zero-order valence-electron chi connectivity index (χ0n) is 11.5. The molecule has 0 aliphatic carbocycles. The number of likely N-dealkylation sites (tertiary alicyclic amines) is 1. The van der Waals surface area contributed by atoms with E-state index < -0.39 is 0 Å². The Kier molecular flexibility index (Phi) is 4.19. The van der Waals surface area contributed by atoms with Crippen LogP contribution < -0.4 is 5.32 Å². The van der Waals surface area contributed by atoms with Crippen LogP contribution in [0.5, 0.6) is 0 Å². The summed E-state index contributed by atoms with van der Waals surface area (Å²) >= 11 is 0. The molecule has 3 aliphatic rings. The van der Waals surface area contributed by atoms with Gasteiger partial charge in [-0.05, 0) is 32.4 Å². The quantitative estimate of drug-likeness (QED) is 0.785. The van der Waals surface area contributed by atoms with Crippen LogP contribution in [-0.4, -0.2) is 75.4 Å². The van der Waals surface area contributed by atoms with Crippen LogP contribution >= 0.6 is 0 Å². The molecule has 0 aromatic heterocycles. The minimum atomic E-state index is 0.646. The lowest BCUT2D eigenvalue weighted by Gasteiger charge is -2.52. The van der Waals surface area contributed by atoms with E-state index in [0.29, 0.717) is 5.41 Å². The Morgan fingerprint density at radius 1 is 0.944 bits per heavy atom. The van der Waals surface area contributed by atoms with Gasteiger partial charge in [-0.25, -0.2) is 0 Å². The second-order valence-electron chi connectivity index (χ2n) is 6.27. The first-order valence-corrected chi connectivity index (χ1v) is 7.60. The van der Waals surface area contributed by atoms with E-state index in [1.807, 2.05) is 0 Å². The van der Waals surface area contributed by atoms with E-state index in [9.17, 15) is 0 Å². The first-order chi connectivity index (χ1) is 8.86. The summed E-state index contributed by atoms with van der Waals surface area (Å²) in [5.74, 6) is 0. The lowest BCUT2D eigenvalue weighted by molar-refractivity contribution is -0.0810. The Bertz CT molecular complexity index is 252. The molecule has 4 nitrogen and oxygen atoms in total. The van der Waals surface area contributed by atoms with E-state index in [1.54, 1.807) is 0 Å². The Balaban J connectivity index is 1.29. The molecule has 3 saturated heterocycles. The molecule has 3 aliphatic heterocycles. The summed E-state index contributed by atoms with van der Waals surface area (Å²) in [5.41, 5.74) is 0.646. The van der Waals surface area contributed by atoms with Crippen LogP contribution in [0, 0.1) is 5.41 Å². The van der Waals surface area contributed by atoms with Gasteiger partial charge >= 0.3 is 0 Å². The van der Waals surface area contributed by atoms with Crippen LogP contribution in [0.15, 0.2) is 0 Å². The zero-order chi connectivity index (χ0) is 12.3. The zero-order valence-corrected chi connectivity index (χ0v) is 11.5. The van der Waals surface area contributed by atoms with Gasteiger partial charge < -0.3 is 19.9 Å². The number of hydrogen-bond donors (Lipinski definition) is 1. The number of nitrogens with one attached hydrogen (secondary N) is 1. The summed E-state index contributed by atoms with van der Waals surface area (Å²) in [6.07, 6.45) is 3.93. The number of hydrogen-bond acceptors (Lipinski definition) is 4. The highest BCUT2D eigenvalue weighted by molar-refractivity contribution is 4.95. The van der Waals surface area contributed by atoms with Gasteiger partial charge in [-0.15, -0.1) is 0 Å². The minimum Gasteiger partial charge on any atom is -0.381 e. The molecule has 1 N–H and O–H groups in total. The number of piperazine rings is 1. The average molecular weight is 253 g/mol. The van der Waals surface area contributed by atoms with Crippen LogP contribution in [0.1, 0.15) is 19.3 Å². The van der Waals surface area contributed by atoms with Crippen molar-refractivity contribution in [3.63, 3.8) is 0 Å². The van der Waals surface area contributed by atoms with E-state index in [1.165, 1.54) is 71.6 Å². The van der Waals surface area contributed by atoms with Gasteiger partial charge in [-0.3, -0.25) is 0 Å². The molecule has 0 atom stereocenters. The monoisotopic (exact) mass is 253 g/mol. The van der Waals surface area contributed by atoms with Crippen LogP contribution in [0.25, 0.3) is 0 Å². The standard InChI is InChI=1S/C14H27N3O/c1(6-16-8-4-15-5-9-16)7-17-12-14(13-17)2-10-18-11-3-14/h15H,1-13H2. The van der Waals surface area contributed by atoms with E-state index in [2.05, 4.69) is 15.1 Å². The fraction of sp³-hybridized carbons (Fsp3) is 1.00. The minimum absolute atomic E-state index is 0.646. The third kappa shape index (κ3) is 3.05. The van der Waals surface area contributed by atoms with Crippen molar-refractivity contribution in [3.8, 4) is 0 Å². The highest BCUT2D eigenvalue weighted by Gasteiger charge is 2.43. The average Bonchev–Trinajstić information content (AvgIpc) is 2.39. The summed E-state index contributed by atoms with van der Waals surface area (Å²) in [7, 11) is 0. The van der Waals surface area contributed by atoms with E-state index in [-0.39, 0.29) is 0 Å². The molecule has 104 valence electrons. The van der Waals surface area contributed by atoms with Crippen molar-refractivity contribution in [2.75, 3.05) is 65.6 Å². The van der Waals surface area contributed by atoms with Crippen molar-refractivity contribution >= 4 is 0 Å². The fourth-order valence-electron chi connectivity index (χ4n) is 3.63. The van der Waals surface area contributed by atoms with Gasteiger partial charge in [-0.1, -0.05) is 0 Å². The van der Waals surface area contributed by atoms with Gasteiger partial charge in [0.15, 0.2) is 0 Å². The maximum atomic E-state index is 5.47. The molecule has 0 unspecified atom stereocenters. The summed E-state index contributed by atoms with van der Waals surface area (Å²) in [4.78, 5) is 5.24. The molecule has 4 heteroatoms. The summed E-state index contributed by atoms with van der Waals surface area (Å²) in [6.45, 7) is 12.1. The predicted octanol–water partition coefficient (Wildman–Crippen LogP) is 0.394. The molecule has 0 radical (unpaired) electrons. The van der Waals surface area contributed by atoms with Crippen molar-refractivity contribution < 1.29 is 4.74 Å². The van der Waals surface area contributed by atoms with Crippen molar-refractivity contribution in [2.24, 2.45) is 5.41 Å². The van der Waals surface area contributed by atoms with Gasteiger partial charge in [0.2, 0.25) is 0 Å². The molecular formula is C14H27N3O. The third-order valence-corrected chi connectivity index (χ3v) is 4.83. The number of rotatable bonds is 4. The first kappa shape index (κ1) is 12.9. The Labute approximate surface area is 111 Å². The van der Waals surface area contributed by atoms with Gasteiger partial charge in [0.25, 0.3) is 0 Å². The number of nitrogens with zero attached hydrogens (tertiary/aromatic N) is 2. The van der Waals surface area contributed by atoms with Gasteiger partial charge in [0.1, 0.15) is 0 Å². The molecule has 0 aromatic rings. The SMILES string of the molecule is C(CN1CCNCC1)CN1CC2(CCOCC2)C1. The lowest BCUT2D eigenvalue weighted by Crippen LogP contribution is -2.58. The second-order valence-corrected chi connectivity index (χ2v) is 6.27. The molecule has 0 aromatic carbocycles. The summed E-state index contributed by atoms with van der Waals surface area (Å²) in [5, 5.41) is 3.41. The van der Waals surface area contributed by atoms with E-state index in [0.717, 1.165) is 13.2 Å². The van der Waals surface area contributed by atoms with Crippen molar-refractivity contribution in [1.82, 2.24) is 15.1 Å². The third-order valence-electron chi connectivity index (χ3n) is 4.83. The smallest absolute Gasteiger partial charge is 0.0472 e. The molecule has 3 rings (SSSR count). The van der Waals surface area contributed by atoms with Crippen molar-refractivity contribution in [1.29, 1.82) is 0 Å². The first-order valence-electron chi connectivity index (χ1n) is 7.60. The van der Waals surface area contributed by atoms with Gasteiger partial charge in [-0.2, -0.15) is 0 Å². The number of ether oxygens (including phenoxy) is 1. The van der Waals surface area contributed by atoms with Crippen LogP contribution in [0.2, 0.25) is 0 Å². The van der Waals surface area contributed by atoms with Crippen LogP contribution in [0.3, 0.4) is 0 Å². The molecular weight excluding hydrogens is 226 g/mol. The summed E-state index contributed by atoms with van der Waals surface area (Å²) < 4.78 is 5.47. The molecule has 1 spiro atoms. The topological polar surface area (TPSA) is 27.7 Å². The molecule has 0 amide bonds. The predicted molar refractivity (Wildman–Crippen MR) is 72.9 cm³/mol. The van der Waals surface area contributed by atoms with Crippen molar-refractivity contribution in [3.05, 3.63) is 0 Å². The molecule has 3 heterocycles. The van der Waals surface area contributed by atoms with Gasteiger partial charge in [0, 0.05) is 57.9 Å². The van der Waals surface area contributed by atoms with E-state index >= 15 is 0 Å². The van der Waals surface area contributed by atoms with Crippen molar-refractivity contribution in [2.45, 2.75) is 19.3 Å². The Hall–Kier alpha value is -0.160. The summed E-state index contributed by atoms with van der Waals surface area (Å²) in [6, 6.07) is 0. The molecule has 18 heavy (non-hydrogen) atoms. The molecule has 0 bridgehead atoms. The molecule has 3 fully saturated rings. The lowest BCUT2D eigenvalue weighted by atomic mass is 9.73. The van der Waals surface area contributed by atoms with Crippen LogP contribution in [0.4, 0.5) is 0 Å². The highest BCUT2D eigenvalue weighted by atomic mass is 16.5. The largest absolute Gasteiger partial charge is 0.381 e. The fourth-order valence-corrected chi connectivity index (χ4v) is 3.63. The Morgan fingerprint density at radius 3 is 2.33 bits per heavy atom. The maximum absolute atomic E-state index is 5.47.